The predicted molar refractivity (Wildman–Crippen MR) is 255 cm³/mol. The van der Waals surface area contributed by atoms with Crippen molar-refractivity contribution in [3.05, 3.63) is 94.0 Å². The zero-order valence-electron chi connectivity index (χ0n) is 37.2. The van der Waals surface area contributed by atoms with Crippen molar-refractivity contribution >= 4 is 62.3 Å². The van der Waals surface area contributed by atoms with Crippen molar-refractivity contribution in [2.45, 2.75) is 81.1 Å². The first kappa shape index (κ1) is 46.7. The Hall–Kier alpha value is -4.79. The zero-order chi connectivity index (χ0) is 43.0. The van der Waals surface area contributed by atoms with Gasteiger partial charge in [0.25, 0.3) is 0 Å². The number of aromatic nitrogens is 4. The van der Waals surface area contributed by atoms with E-state index in [4.69, 9.17) is 38.9 Å². The molecule has 2 aromatic carbocycles. The molecule has 0 saturated carbocycles. The van der Waals surface area contributed by atoms with Crippen LogP contribution in [-0.4, -0.2) is 36.4 Å². The van der Waals surface area contributed by atoms with Crippen LogP contribution >= 0.6 is 15.9 Å². The maximum atomic E-state index is 6.35. The predicted octanol–water partition coefficient (Wildman–Crippen LogP) is 13.7. The van der Waals surface area contributed by atoms with Gasteiger partial charge in [0, 0.05) is 16.6 Å². The first-order chi connectivity index (χ1) is 29.4. The number of halogens is 1. The molecule has 0 spiro atoms. The van der Waals surface area contributed by atoms with Crippen LogP contribution in [0, 0.1) is 23.7 Å². The molecule has 2 aliphatic heterocycles. The zero-order valence-corrected chi connectivity index (χ0v) is 39.8. The van der Waals surface area contributed by atoms with E-state index in [2.05, 4.69) is 108 Å². The average molecular weight is 943 g/mol. The molecule has 0 fully saturated rings. The molecule has 2 aliphatic rings. The van der Waals surface area contributed by atoms with Crippen molar-refractivity contribution in [1.29, 1.82) is 0 Å². The monoisotopic (exact) mass is 940 g/mol. The molecule has 7 rings (SSSR count). The van der Waals surface area contributed by atoms with Crippen LogP contribution in [0.5, 0.6) is 23.0 Å². The van der Waals surface area contributed by atoms with Crippen LogP contribution in [0.4, 0.5) is 0 Å². The number of nitrogens with zero attached hydrogens (tertiary/aromatic N) is 4. The van der Waals surface area contributed by atoms with Crippen LogP contribution in [0.3, 0.4) is 0 Å². The molecule has 8 nitrogen and oxygen atoms in total. The van der Waals surface area contributed by atoms with Gasteiger partial charge < -0.3 is 28.9 Å². The number of ether oxygens (including phenoxy) is 4. The normalized spacial score (nSPS) is 12.1. The molecule has 0 N–H and O–H groups in total. The summed E-state index contributed by atoms with van der Waals surface area (Å²) in [7, 11) is 0. The van der Waals surface area contributed by atoms with Crippen molar-refractivity contribution in [2.24, 2.45) is 23.7 Å². The molecule has 0 saturated heterocycles. The largest absolute Gasteiger partial charge is 2.00 e. The fourth-order valence-electron chi connectivity index (χ4n) is 6.99. The van der Waals surface area contributed by atoms with Crippen LogP contribution in [0.15, 0.2) is 71.2 Å². The van der Waals surface area contributed by atoms with Gasteiger partial charge in [0.2, 0.25) is 0 Å². The molecule has 62 heavy (non-hydrogen) atoms. The van der Waals surface area contributed by atoms with Gasteiger partial charge in [-0.25, -0.2) is 9.97 Å². The minimum Gasteiger partial charge on any atom is -0.657 e. The summed E-state index contributed by atoms with van der Waals surface area (Å²) in [5.74, 6) is 5.13. The van der Waals surface area contributed by atoms with E-state index in [1.807, 2.05) is 54.6 Å². The summed E-state index contributed by atoms with van der Waals surface area (Å²) in [6.07, 6.45) is 12.0. The second kappa shape index (κ2) is 21.5. The van der Waals surface area contributed by atoms with Gasteiger partial charge in [0.15, 0.2) is 0 Å². The Kier molecular flexibility index (Phi) is 16.2. The van der Waals surface area contributed by atoms with Gasteiger partial charge in [-0.1, -0.05) is 85.7 Å². The standard InChI is InChI=1S/C52H59BrN4O4.Ni/c1-32(2)17-21-58-40-25-36(26-41(30-40)59-22-18-33(3)4)50-44-11-9-38(54-44)29-39-10-12-45(55-39)51(47-14-16-49(57-47)52(53)48-15-13-46(50)56-48)37-27-42(60-23-19-34(5)6)31-43(28-37)61-24-20-35(7)8;/h9-16,25-35H,17-24H2,1-8H3;/q-2;+2. The molecule has 0 atom stereocenters. The fraction of sp³-hybridized carbons (Fsp3) is 0.385. The van der Waals surface area contributed by atoms with Gasteiger partial charge in [-0.2, -0.15) is 0 Å². The molecule has 8 bridgehead atoms. The molecule has 3 aromatic heterocycles. The second-order valence-corrected chi connectivity index (χ2v) is 18.5. The van der Waals surface area contributed by atoms with E-state index < -0.39 is 0 Å². The quantitative estimate of drug-likeness (QED) is 0.0786. The second-order valence-electron chi connectivity index (χ2n) is 17.7. The molecule has 5 heterocycles. The summed E-state index contributed by atoms with van der Waals surface area (Å²) in [6.45, 7) is 20.1. The third kappa shape index (κ3) is 12.2. The van der Waals surface area contributed by atoms with Gasteiger partial charge in [-0.3, -0.25) is 0 Å². The van der Waals surface area contributed by atoms with E-state index in [9.17, 15) is 0 Å². The van der Waals surface area contributed by atoms with Gasteiger partial charge in [-0.05, 0) is 136 Å². The third-order valence-electron chi connectivity index (χ3n) is 10.6. The van der Waals surface area contributed by atoms with E-state index in [1.165, 1.54) is 0 Å². The average Bonchev–Trinajstić information content (AvgIpc) is 4.04. The Labute approximate surface area is 386 Å². The van der Waals surface area contributed by atoms with Crippen molar-refractivity contribution in [1.82, 2.24) is 19.9 Å². The molecule has 0 unspecified atom stereocenters. The number of benzene rings is 2. The summed E-state index contributed by atoms with van der Waals surface area (Å²) in [4.78, 5) is 20.8. The molecular weight excluding hydrogens is 883 g/mol. The van der Waals surface area contributed by atoms with E-state index in [0.29, 0.717) is 50.1 Å². The molecule has 0 aliphatic carbocycles. The van der Waals surface area contributed by atoms with E-state index in [1.54, 1.807) is 0 Å². The molecule has 10 heteroatoms. The maximum Gasteiger partial charge on any atom is 2.00 e. The van der Waals surface area contributed by atoms with Crippen molar-refractivity contribution in [2.75, 3.05) is 26.4 Å². The third-order valence-corrected chi connectivity index (χ3v) is 11.4. The van der Waals surface area contributed by atoms with Crippen molar-refractivity contribution < 1.29 is 35.4 Å². The Bertz CT molecular complexity index is 2410. The minimum absolute atomic E-state index is 0. The fourth-order valence-corrected chi connectivity index (χ4v) is 7.44. The van der Waals surface area contributed by atoms with Crippen LogP contribution in [0.2, 0.25) is 0 Å². The van der Waals surface area contributed by atoms with Crippen LogP contribution in [0.25, 0.3) is 68.6 Å². The van der Waals surface area contributed by atoms with E-state index in [0.717, 1.165) is 120 Å². The van der Waals surface area contributed by atoms with Crippen LogP contribution in [0.1, 0.15) is 104 Å². The number of fused-ring (bicyclic) bond motifs is 8. The summed E-state index contributed by atoms with van der Waals surface area (Å²) < 4.78 is 26.2. The summed E-state index contributed by atoms with van der Waals surface area (Å²) >= 11 is 3.91. The smallest absolute Gasteiger partial charge is 0.657 e. The van der Waals surface area contributed by atoms with Gasteiger partial charge in [0.05, 0.1) is 49.2 Å². The van der Waals surface area contributed by atoms with Crippen LogP contribution < -0.4 is 28.9 Å². The Morgan fingerprint density at radius 2 is 0.871 bits per heavy atom. The van der Waals surface area contributed by atoms with Crippen molar-refractivity contribution in [3.8, 4) is 45.3 Å². The number of hydrogen-bond acceptors (Lipinski definition) is 6. The molecule has 0 radical (unpaired) electrons. The maximum absolute atomic E-state index is 6.35. The Balaban J connectivity index is 0.00000641. The molecule has 328 valence electrons. The molecular formula is C52H59BrN4NiO4. The number of hydrogen-bond donors (Lipinski definition) is 0. The topological polar surface area (TPSA) is 90.9 Å². The van der Waals surface area contributed by atoms with Gasteiger partial charge >= 0.3 is 16.5 Å². The van der Waals surface area contributed by atoms with Crippen molar-refractivity contribution in [3.63, 3.8) is 0 Å². The first-order valence-corrected chi connectivity index (χ1v) is 22.7. The summed E-state index contributed by atoms with van der Waals surface area (Å²) in [5.41, 5.74) is 9.84. The minimum atomic E-state index is 0. The Morgan fingerprint density at radius 3 is 1.35 bits per heavy atom. The van der Waals surface area contributed by atoms with Crippen LogP contribution in [-0.2, 0) is 16.5 Å². The SMILES string of the molecule is CC(C)CCOc1cc(OCCC(C)C)cc(-c2c3nc(c(Br)c4ccc([n-]4)c(-c4cc(OCCC(C)C)cc(OCCC(C)C)c4)c4nc(cc5ccc2[n-]5)C=C4)C=C3)c1.[Ni+2]. The van der Waals surface area contributed by atoms with Gasteiger partial charge in [-0.15, -0.1) is 22.1 Å². The summed E-state index contributed by atoms with van der Waals surface area (Å²) in [5, 5.41) is 0. The molecule has 0 amide bonds. The van der Waals surface area contributed by atoms with E-state index >= 15 is 0 Å². The number of rotatable bonds is 18. The molecule has 5 aromatic rings. The first-order valence-electron chi connectivity index (χ1n) is 21.9. The van der Waals surface area contributed by atoms with Gasteiger partial charge in [0.1, 0.15) is 23.0 Å². The van der Waals surface area contributed by atoms with E-state index in [-0.39, 0.29) is 16.5 Å². The summed E-state index contributed by atoms with van der Waals surface area (Å²) in [6, 6.07) is 22.5. The Morgan fingerprint density at radius 1 is 0.468 bits per heavy atom.